The minimum atomic E-state index is -0.125. The molecular formula is C13H15NO2. The third kappa shape index (κ3) is 2.32. The fraction of sp³-hybridized carbons (Fsp3) is 0.231. The molecule has 0 fully saturated rings. The first-order valence-electron chi connectivity index (χ1n) is 5.31. The van der Waals surface area contributed by atoms with Crippen molar-refractivity contribution >= 4 is 0 Å². The average Bonchev–Trinajstić information content (AvgIpc) is 2.83. The summed E-state index contributed by atoms with van der Waals surface area (Å²) in [5.41, 5.74) is 7.96. The van der Waals surface area contributed by atoms with Gasteiger partial charge in [0.1, 0.15) is 5.76 Å². The molecule has 1 heterocycles. The summed E-state index contributed by atoms with van der Waals surface area (Å²) in [6.07, 6.45) is 2.22. The third-order valence-corrected chi connectivity index (χ3v) is 2.56. The summed E-state index contributed by atoms with van der Waals surface area (Å²) in [6.45, 7) is 0.103. The van der Waals surface area contributed by atoms with Crippen molar-refractivity contribution in [3.8, 4) is 11.3 Å². The normalized spacial score (nSPS) is 12.6. The first kappa shape index (κ1) is 10.9. The second kappa shape index (κ2) is 4.96. The van der Waals surface area contributed by atoms with Gasteiger partial charge in [-0.1, -0.05) is 18.2 Å². The van der Waals surface area contributed by atoms with Crippen molar-refractivity contribution < 1.29 is 9.52 Å². The maximum absolute atomic E-state index is 8.85. The van der Waals surface area contributed by atoms with Gasteiger partial charge in [0.25, 0.3) is 0 Å². The molecule has 0 bridgehead atoms. The number of hydrogen-bond donors (Lipinski definition) is 2. The van der Waals surface area contributed by atoms with Gasteiger partial charge in [-0.25, -0.2) is 0 Å². The van der Waals surface area contributed by atoms with E-state index in [1.54, 1.807) is 6.26 Å². The van der Waals surface area contributed by atoms with Crippen LogP contribution in [0.2, 0.25) is 0 Å². The van der Waals surface area contributed by atoms with Gasteiger partial charge in [-0.3, -0.25) is 0 Å². The molecule has 3 heteroatoms. The van der Waals surface area contributed by atoms with Gasteiger partial charge in [0.15, 0.2) is 0 Å². The van der Waals surface area contributed by atoms with Crippen LogP contribution in [0.1, 0.15) is 18.0 Å². The Bertz CT molecular complexity index is 437. The number of nitrogens with two attached hydrogens (primary N) is 1. The number of furan rings is 1. The number of benzene rings is 1. The van der Waals surface area contributed by atoms with Crippen LogP contribution in [-0.2, 0) is 0 Å². The van der Waals surface area contributed by atoms with E-state index >= 15 is 0 Å². The fourth-order valence-electron chi connectivity index (χ4n) is 1.67. The summed E-state index contributed by atoms with van der Waals surface area (Å²) < 4.78 is 5.32. The molecule has 3 N–H and O–H groups in total. The van der Waals surface area contributed by atoms with Crippen LogP contribution < -0.4 is 5.73 Å². The van der Waals surface area contributed by atoms with Crippen molar-refractivity contribution in [1.29, 1.82) is 0 Å². The van der Waals surface area contributed by atoms with E-state index in [1.807, 2.05) is 36.4 Å². The summed E-state index contributed by atoms with van der Waals surface area (Å²) in [5.74, 6) is 0.832. The van der Waals surface area contributed by atoms with Gasteiger partial charge in [0.05, 0.1) is 6.26 Å². The molecule has 0 aliphatic heterocycles. The average molecular weight is 217 g/mol. The van der Waals surface area contributed by atoms with Gasteiger partial charge in [0.2, 0.25) is 0 Å². The fourth-order valence-corrected chi connectivity index (χ4v) is 1.67. The monoisotopic (exact) mass is 217 g/mol. The van der Waals surface area contributed by atoms with Gasteiger partial charge in [-0.2, -0.15) is 0 Å². The first-order valence-corrected chi connectivity index (χ1v) is 5.31. The summed E-state index contributed by atoms with van der Waals surface area (Å²) in [5, 5.41) is 8.85. The molecule has 16 heavy (non-hydrogen) atoms. The number of rotatable bonds is 4. The lowest BCUT2D eigenvalue weighted by Gasteiger charge is -2.11. The van der Waals surface area contributed by atoms with Crippen LogP contribution >= 0.6 is 0 Å². The van der Waals surface area contributed by atoms with E-state index in [0.29, 0.717) is 6.42 Å². The van der Waals surface area contributed by atoms with E-state index in [-0.39, 0.29) is 12.6 Å². The van der Waals surface area contributed by atoms with Crippen molar-refractivity contribution in [2.75, 3.05) is 6.61 Å². The van der Waals surface area contributed by atoms with Crippen LogP contribution in [0, 0.1) is 0 Å². The lowest BCUT2D eigenvalue weighted by atomic mass is 10.0. The number of aliphatic hydroxyl groups excluding tert-OH is 1. The Balaban J connectivity index is 2.26. The molecule has 0 spiro atoms. The van der Waals surface area contributed by atoms with Crippen molar-refractivity contribution in [3.05, 3.63) is 48.2 Å². The van der Waals surface area contributed by atoms with Crippen molar-refractivity contribution in [2.45, 2.75) is 12.5 Å². The molecule has 0 saturated carbocycles. The standard InChI is InChI=1S/C13H15NO2/c14-12(6-7-15)10-3-1-4-11(9-10)13-5-2-8-16-13/h1-5,8-9,12,15H,6-7,14H2. The van der Waals surface area contributed by atoms with Crippen molar-refractivity contribution in [2.24, 2.45) is 5.73 Å². The molecule has 1 unspecified atom stereocenters. The Labute approximate surface area is 94.5 Å². The lowest BCUT2D eigenvalue weighted by molar-refractivity contribution is 0.276. The van der Waals surface area contributed by atoms with Crippen LogP contribution in [0.15, 0.2) is 47.1 Å². The lowest BCUT2D eigenvalue weighted by Crippen LogP contribution is -2.11. The smallest absolute Gasteiger partial charge is 0.133 e. The van der Waals surface area contributed by atoms with Crippen molar-refractivity contribution in [1.82, 2.24) is 0 Å². The zero-order chi connectivity index (χ0) is 11.4. The largest absolute Gasteiger partial charge is 0.464 e. The molecule has 1 aromatic heterocycles. The van der Waals surface area contributed by atoms with Crippen LogP contribution in [0.4, 0.5) is 0 Å². The molecule has 3 nitrogen and oxygen atoms in total. The van der Waals surface area contributed by atoms with Gasteiger partial charge in [-0.15, -0.1) is 0 Å². The number of aliphatic hydroxyl groups is 1. The Morgan fingerprint density at radius 2 is 2.12 bits per heavy atom. The number of hydrogen-bond acceptors (Lipinski definition) is 3. The third-order valence-electron chi connectivity index (χ3n) is 2.56. The highest BCUT2D eigenvalue weighted by Gasteiger charge is 2.07. The molecule has 2 aromatic rings. The molecule has 1 aromatic carbocycles. The van der Waals surface area contributed by atoms with Crippen LogP contribution in [-0.4, -0.2) is 11.7 Å². The second-order valence-electron chi connectivity index (χ2n) is 3.72. The molecule has 2 rings (SSSR count). The van der Waals surface area contributed by atoms with Crippen LogP contribution in [0.25, 0.3) is 11.3 Å². The Morgan fingerprint density at radius 1 is 1.25 bits per heavy atom. The molecule has 0 radical (unpaired) electrons. The van der Waals surface area contributed by atoms with E-state index in [2.05, 4.69) is 0 Å². The van der Waals surface area contributed by atoms with Gasteiger partial charge >= 0.3 is 0 Å². The van der Waals surface area contributed by atoms with E-state index in [0.717, 1.165) is 16.9 Å². The van der Waals surface area contributed by atoms with E-state index in [4.69, 9.17) is 15.3 Å². The summed E-state index contributed by atoms with van der Waals surface area (Å²) in [4.78, 5) is 0. The maximum atomic E-state index is 8.85. The zero-order valence-electron chi connectivity index (χ0n) is 8.97. The van der Waals surface area contributed by atoms with Gasteiger partial charge in [-0.05, 0) is 30.2 Å². The Hall–Kier alpha value is -1.58. The molecular weight excluding hydrogens is 202 g/mol. The minimum Gasteiger partial charge on any atom is -0.464 e. The summed E-state index contributed by atoms with van der Waals surface area (Å²) in [6, 6.07) is 11.5. The quantitative estimate of drug-likeness (QED) is 0.826. The summed E-state index contributed by atoms with van der Waals surface area (Å²) >= 11 is 0. The van der Waals surface area contributed by atoms with Crippen LogP contribution in [0.3, 0.4) is 0 Å². The highest BCUT2D eigenvalue weighted by molar-refractivity contribution is 5.58. The van der Waals surface area contributed by atoms with E-state index in [1.165, 1.54) is 0 Å². The molecule has 84 valence electrons. The first-order chi connectivity index (χ1) is 7.81. The van der Waals surface area contributed by atoms with E-state index < -0.39 is 0 Å². The molecule has 0 amide bonds. The molecule has 1 atom stereocenters. The van der Waals surface area contributed by atoms with Crippen molar-refractivity contribution in [3.63, 3.8) is 0 Å². The second-order valence-corrected chi connectivity index (χ2v) is 3.72. The summed E-state index contributed by atoms with van der Waals surface area (Å²) in [7, 11) is 0. The predicted molar refractivity (Wildman–Crippen MR) is 62.8 cm³/mol. The SMILES string of the molecule is NC(CCO)c1cccc(-c2ccco2)c1. The highest BCUT2D eigenvalue weighted by atomic mass is 16.3. The minimum absolute atomic E-state index is 0.103. The molecule has 0 aliphatic carbocycles. The highest BCUT2D eigenvalue weighted by Crippen LogP contribution is 2.23. The topological polar surface area (TPSA) is 59.4 Å². The predicted octanol–water partition coefficient (Wildman–Crippen LogP) is 2.33. The molecule has 0 aliphatic rings. The zero-order valence-corrected chi connectivity index (χ0v) is 8.97. The van der Waals surface area contributed by atoms with Gasteiger partial charge < -0.3 is 15.3 Å². The maximum Gasteiger partial charge on any atom is 0.133 e. The Morgan fingerprint density at radius 3 is 2.81 bits per heavy atom. The molecule has 0 saturated heterocycles. The Kier molecular flexibility index (Phi) is 3.39. The van der Waals surface area contributed by atoms with Gasteiger partial charge in [0, 0.05) is 18.2 Å². The van der Waals surface area contributed by atoms with E-state index in [9.17, 15) is 0 Å². The van der Waals surface area contributed by atoms with Crippen LogP contribution in [0.5, 0.6) is 0 Å².